The third-order valence-electron chi connectivity index (χ3n) is 3.93. The molecule has 1 aromatic carbocycles. The van der Waals surface area contributed by atoms with E-state index in [0.717, 1.165) is 13.1 Å². The van der Waals surface area contributed by atoms with Crippen LogP contribution in [0.5, 0.6) is 5.75 Å². The minimum Gasteiger partial charge on any atom is -0.484 e. The van der Waals surface area contributed by atoms with Gasteiger partial charge < -0.3 is 15.4 Å². The zero-order valence-electron chi connectivity index (χ0n) is 13.2. The quantitative estimate of drug-likeness (QED) is 0.814. The van der Waals surface area contributed by atoms with Crippen molar-refractivity contribution in [1.29, 1.82) is 0 Å². The largest absolute Gasteiger partial charge is 0.484 e. The van der Waals surface area contributed by atoms with Crippen LogP contribution >= 0.6 is 23.7 Å². The highest BCUT2D eigenvalue weighted by Gasteiger charge is 2.29. The molecule has 0 bridgehead atoms. The molecule has 1 atom stereocenters. The van der Waals surface area contributed by atoms with Crippen LogP contribution in [0.4, 0.5) is 18.3 Å². The summed E-state index contributed by atoms with van der Waals surface area (Å²) in [6.45, 7) is 2.19. The van der Waals surface area contributed by atoms with Crippen molar-refractivity contribution in [2.45, 2.75) is 13.1 Å². The molecule has 138 valence electrons. The molecule has 1 saturated heterocycles. The lowest BCUT2D eigenvalue weighted by Gasteiger charge is -2.31. The summed E-state index contributed by atoms with van der Waals surface area (Å²) in [6, 6.07) is 4.50. The number of fused-ring (bicyclic) bond motifs is 1. The van der Waals surface area contributed by atoms with Gasteiger partial charge >= 0.3 is 6.18 Å². The number of hydrogen-bond donors (Lipinski definition) is 2. The van der Waals surface area contributed by atoms with Gasteiger partial charge in [-0.15, -0.1) is 12.4 Å². The van der Waals surface area contributed by atoms with E-state index in [1.165, 1.54) is 23.5 Å². The van der Waals surface area contributed by atoms with Gasteiger partial charge in [0, 0.05) is 5.92 Å². The molecule has 2 N–H and O–H groups in total. The maximum atomic E-state index is 12.2. The number of benzene rings is 1. The van der Waals surface area contributed by atoms with Gasteiger partial charge in [-0.2, -0.15) is 13.2 Å². The smallest absolute Gasteiger partial charge is 0.422 e. The van der Waals surface area contributed by atoms with Crippen molar-refractivity contribution >= 4 is 45.0 Å². The van der Waals surface area contributed by atoms with E-state index >= 15 is 0 Å². The Hall–Kier alpha value is -1.58. The van der Waals surface area contributed by atoms with Gasteiger partial charge in [-0.3, -0.25) is 4.79 Å². The average molecular weight is 396 g/mol. The van der Waals surface area contributed by atoms with E-state index in [9.17, 15) is 18.0 Å². The lowest BCUT2D eigenvalue weighted by molar-refractivity contribution is -0.153. The third-order valence-corrected chi connectivity index (χ3v) is 4.86. The van der Waals surface area contributed by atoms with Crippen LogP contribution < -0.4 is 15.4 Å². The molecular weight excluding hydrogens is 379 g/mol. The molecule has 0 saturated carbocycles. The Morgan fingerprint density at radius 3 is 2.80 bits per heavy atom. The number of thiazole rings is 1. The summed E-state index contributed by atoms with van der Waals surface area (Å²) in [5.41, 5.74) is 0.604. The summed E-state index contributed by atoms with van der Waals surface area (Å²) in [6.07, 6.45) is -4.38. The fourth-order valence-electron chi connectivity index (χ4n) is 2.31. The van der Waals surface area contributed by atoms with Gasteiger partial charge in [0.2, 0.25) is 5.91 Å². The Labute approximate surface area is 152 Å². The molecule has 2 heterocycles. The second-order valence-corrected chi connectivity index (χ2v) is 6.78. The first-order valence-electron chi connectivity index (χ1n) is 7.43. The molecule has 1 unspecified atom stereocenters. The molecule has 1 fully saturated rings. The van der Waals surface area contributed by atoms with Gasteiger partial charge in [-0.1, -0.05) is 18.3 Å². The van der Waals surface area contributed by atoms with Crippen molar-refractivity contribution in [2.75, 3.05) is 25.0 Å². The molecule has 0 radical (unpaired) electrons. The van der Waals surface area contributed by atoms with Gasteiger partial charge in [0.15, 0.2) is 11.7 Å². The van der Waals surface area contributed by atoms with E-state index in [-0.39, 0.29) is 30.0 Å². The summed E-state index contributed by atoms with van der Waals surface area (Å²) in [5.74, 6) is 0.218. The van der Waals surface area contributed by atoms with Crippen molar-refractivity contribution in [2.24, 2.45) is 11.8 Å². The Morgan fingerprint density at radius 1 is 1.48 bits per heavy atom. The summed E-state index contributed by atoms with van der Waals surface area (Å²) in [4.78, 5) is 16.5. The first kappa shape index (κ1) is 19.7. The number of amides is 1. The summed E-state index contributed by atoms with van der Waals surface area (Å²) in [7, 11) is 0. The normalized spacial score (nSPS) is 16.0. The number of anilines is 1. The van der Waals surface area contributed by atoms with E-state index < -0.39 is 12.8 Å². The van der Waals surface area contributed by atoms with Crippen molar-refractivity contribution in [3.63, 3.8) is 0 Å². The highest BCUT2D eigenvalue weighted by atomic mass is 35.5. The second kappa shape index (κ2) is 7.76. The van der Waals surface area contributed by atoms with Gasteiger partial charge in [-0.05, 0) is 37.2 Å². The molecule has 25 heavy (non-hydrogen) atoms. The van der Waals surface area contributed by atoms with Crippen LogP contribution in [0.2, 0.25) is 0 Å². The molecule has 1 aromatic heterocycles. The van der Waals surface area contributed by atoms with Crippen LogP contribution in [0.25, 0.3) is 10.2 Å². The number of carbonyl (C=O) groups is 1. The highest BCUT2D eigenvalue weighted by Crippen LogP contribution is 2.30. The SMILES string of the molecule is CC(C(=O)Nc1nc2ccc(OCC(F)(F)F)cc2s1)C1CNC1.Cl. The van der Waals surface area contributed by atoms with Gasteiger partial charge in [0.1, 0.15) is 5.75 Å². The number of rotatable bonds is 5. The number of aromatic nitrogens is 1. The van der Waals surface area contributed by atoms with Crippen LogP contribution in [-0.2, 0) is 4.79 Å². The summed E-state index contributed by atoms with van der Waals surface area (Å²) < 4.78 is 41.9. The number of ether oxygens (including phenoxy) is 1. The molecule has 5 nitrogen and oxygen atoms in total. The number of halogens is 4. The molecule has 2 aromatic rings. The van der Waals surface area contributed by atoms with Crippen molar-refractivity contribution in [1.82, 2.24) is 10.3 Å². The molecular formula is C15H17ClF3N3O2S. The maximum absolute atomic E-state index is 12.2. The van der Waals surface area contributed by atoms with Crippen LogP contribution in [0.3, 0.4) is 0 Å². The number of alkyl halides is 3. The van der Waals surface area contributed by atoms with Crippen LogP contribution in [0.1, 0.15) is 6.92 Å². The third kappa shape index (κ3) is 4.96. The zero-order valence-corrected chi connectivity index (χ0v) is 14.9. The molecule has 0 spiro atoms. The number of nitrogens with one attached hydrogen (secondary N) is 2. The summed E-state index contributed by atoms with van der Waals surface area (Å²) in [5, 5.41) is 6.33. The first-order chi connectivity index (χ1) is 11.3. The van der Waals surface area contributed by atoms with Crippen LogP contribution in [0, 0.1) is 11.8 Å². The highest BCUT2D eigenvalue weighted by molar-refractivity contribution is 7.22. The first-order valence-corrected chi connectivity index (χ1v) is 8.25. The number of hydrogen-bond acceptors (Lipinski definition) is 5. The van der Waals surface area contributed by atoms with Crippen molar-refractivity contribution < 1.29 is 22.7 Å². The second-order valence-electron chi connectivity index (χ2n) is 5.75. The molecule has 3 rings (SSSR count). The monoisotopic (exact) mass is 395 g/mol. The van der Waals surface area contributed by atoms with E-state index in [1.54, 1.807) is 6.07 Å². The van der Waals surface area contributed by atoms with Crippen LogP contribution in [0.15, 0.2) is 18.2 Å². The molecule has 10 heteroatoms. The average Bonchev–Trinajstić information content (AvgIpc) is 2.83. The van der Waals surface area contributed by atoms with Gasteiger partial charge in [0.05, 0.1) is 10.2 Å². The topological polar surface area (TPSA) is 63.2 Å². The fraction of sp³-hybridized carbons (Fsp3) is 0.467. The predicted octanol–water partition coefficient (Wildman–Crippen LogP) is 3.45. The standard InChI is InChI=1S/C15H16F3N3O2S.ClH/c1-8(9-5-19-6-9)13(22)21-14-20-11-3-2-10(4-12(11)24-14)23-7-15(16,17)18;/h2-4,8-9,19H,5-7H2,1H3,(H,20,21,22);1H. The Bertz CT molecular complexity index is 749. The Morgan fingerprint density at radius 2 is 2.20 bits per heavy atom. The fourth-order valence-corrected chi connectivity index (χ4v) is 3.21. The molecule has 1 aliphatic rings. The maximum Gasteiger partial charge on any atom is 0.422 e. The predicted molar refractivity (Wildman–Crippen MR) is 92.6 cm³/mol. The summed E-state index contributed by atoms with van der Waals surface area (Å²) >= 11 is 1.21. The lowest BCUT2D eigenvalue weighted by Crippen LogP contribution is -2.48. The number of nitrogens with zero attached hydrogens (tertiary/aromatic N) is 1. The Balaban J connectivity index is 0.00000225. The molecule has 1 amide bonds. The van der Waals surface area contributed by atoms with Crippen LogP contribution in [-0.4, -0.2) is 36.8 Å². The van der Waals surface area contributed by atoms with E-state index in [0.29, 0.717) is 21.3 Å². The zero-order chi connectivity index (χ0) is 17.3. The van der Waals surface area contributed by atoms with Gasteiger partial charge in [0.25, 0.3) is 0 Å². The Kier molecular flexibility index (Phi) is 6.12. The molecule has 1 aliphatic heterocycles. The van der Waals surface area contributed by atoms with E-state index in [2.05, 4.69) is 15.6 Å². The van der Waals surface area contributed by atoms with E-state index in [4.69, 9.17) is 4.74 Å². The van der Waals surface area contributed by atoms with E-state index in [1.807, 2.05) is 6.92 Å². The number of carbonyl (C=O) groups excluding carboxylic acids is 1. The molecule has 0 aliphatic carbocycles. The minimum absolute atomic E-state index is 0. The van der Waals surface area contributed by atoms with Crippen molar-refractivity contribution in [3.8, 4) is 5.75 Å². The minimum atomic E-state index is -4.38. The van der Waals surface area contributed by atoms with Crippen molar-refractivity contribution in [3.05, 3.63) is 18.2 Å². The lowest BCUT2D eigenvalue weighted by atomic mass is 9.88. The van der Waals surface area contributed by atoms with Gasteiger partial charge in [-0.25, -0.2) is 4.98 Å².